The Hall–Kier alpha value is -2.69. The van der Waals surface area contributed by atoms with Gasteiger partial charge in [-0.25, -0.2) is 4.39 Å². The van der Waals surface area contributed by atoms with Crippen molar-refractivity contribution >= 4 is 17.5 Å². The zero-order valence-electron chi connectivity index (χ0n) is 14.2. The minimum absolute atomic E-state index is 0.0959. The number of fused-ring (bicyclic) bond motifs is 1. The van der Waals surface area contributed by atoms with Gasteiger partial charge in [0.1, 0.15) is 5.82 Å². The van der Waals surface area contributed by atoms with E-state index in [2.05, 4.69) is 12.2 Å². The molecule has 0 aromatic heterocycles. The first-order valence-electron chi connectivity index (χ1n) is 8.59. The first-order valence-corrected chi connectivity index (χ1v) is 8.59. The van der Waals surface area contributed by atoms with E-state index in [0.29, 0.717) is 30.6 Å². The van der Waals surface area contributed by atoms with Crippen LogP contribution in [0, 0.1) is 5.82 Å². The van der Waals surface area contributed by atoms with Crippen LogP contribution in [0.4, 0.5) is 10.1 Å². The molecule has 1 heterocycles. The quantitative estimate of drug-likeness (QED) is 0.846. The lowest BCUT2D eigenvalue weighted by Gasteiger charge is -2.18. The predicted molar refractivity (Wildman–Crippen MR) is 95.5 cm³/mol. The van der Waals surface area contributed by atoms with E-state index >= 15 is 0 Å². The Balaban J connectivity index is 1.83. The van der Waals surface area contributed by atoms with E-state index in [1.807, 2.05) is 6.07 Å². The van der Waals surface area contributed by atoms with Gasteiger partial charge in [0.2, 0.25) is 0 Å². The van der Waals surface area contributed by atoms with Gasteiger partial charge in [-0.1, -0.05) is 19.4 Å². The molecule has 2 aromatic carbocycles. The zero-order valence-corrected chi connectivity index (χ0v) is 14.2. The highest BCUT2D eigenvalue weighted by molar-refractivity contribution is 6.08. The summed E-state index contributed by atoms with van der Waals surface area (Å²) in [5.41, 5.74) is 2.72. The largest absolute Gasteiger partial charge is 0.352 e. The number of nitrogens with zero attached hydrogens (tertiary/aromatic N) is 1. The van der Waals surface area contributed by atoms with E-state index in [-0.39, 0.29) is 17.6 Å². The van der Waals surface area contributed by atoms with E-state index in [9.17, 15) is 14.0 Å². The van der Waals surface area contributed by atoms with Crippen molar-refractivity contribution in [1.82, 2.24) is 5.32 Å². The number of hydrogen-bond acceptors (Lipinski definition) is 2. The standard InChI is InChI=1S/C20H21FN2O2/c1-2-3-12-22-19(24)17-5-4-6-18-16(17)11-13-23(18)20(25)14-7-9-15(21)10-8-14/h4-10H,2-3,11-13H2,1H3,(H,22,24). The predicted octanol–water partition coefficient (Wildman–Crippen LogP) is 3.56. The highest BCUT2D eigenvalue weighted by atomic mass is 19.1. The van der Waals surface area contributed by atoms with Crippen LogP contribution in [0.2, 0.25) is 0 Å². The molecule has 0 atom stereocenters. The Labute approximate surface area is 146 Å². The summed E-state index contributed by atoms with van der Waals surface area (Å²) in [6, 6.07) is 11.0. The van der Waals surface area contributed by atoms with Crippen molar-refractivity contribution in [3.63, 3.8) is 0 Å². The smallest absolute Gasteiger partial charge is 0.258 e. The second-order valence-corrected chi connectivity index (χ2v) is 6.13. The molecule has 0 bridgehead atoms. The van der Waals surface area contributed by atoms with E-state index in [4.69, 9.17) is 0 Å². The summed E-state index contributed by atoms with van der Waals surface area (Å²) in [4.78, 5) is 26.8. The van der Waals surface area contributed by atoms with Gasteiger partial charge >= 0.3 is 0 Å². The van der Waals surface area contributed by atoms with Crippen molar-refractivity contribution < 1.29 is 14.0 Å². The molecule has 2 aromatic rings. The van der Waals surface area contributed by atoms with Gasteiger partial charge in [-0.3, -0.25) is 9.59 Å². The van der Waals surface area contributed by atoms with Crippen LogP contribution < -0.4 is 10.2 Å². The van der Waals surface area contributed by atoms with E-state index in [1.54, 1.807) is 17.0 Å². The summed E-state index contributed by atoms with van der Waals surface area (Å²) in [5.74, 6) is -0.645. The van der Waals surface area contributed by atoms with Gasteiger partial charge in [0.25, 0.3) is 11.8 Å². The number of halogens is 1. The van der Waals surface area contributed by atoms with Gasteiger partial charge in [0, 0.05) is 29.9 Å². The van der Waals surface area contributed by atoms with Gasteiger partial charge in [0.15, 0.2) is 0 Å². The van der Waals surface area contributed by atoms with Crippen LogP contribution >= 0.6 is 0 Å². The minimum atomic E-state index is -0.371. The number of rotatable bonds is 5. The van der Waals surface area contributed by atoms with Crippen molar-refractivity contribution in [3.05, 3.63) is 65.0 Å². The Bertz CT molecular complexity index is 787. The summed E-state index contributed by atoms with van der Waals surface area (Å²) in [6.45, 7) is 3.24. The molecule has 130 valence electrons. The van der Waals surface area contributed by atoms with Gasteiger partial charge in [-0.05, 0) is 54.8 Å². The van der Waals surface area contributed by atoms with Crippen LogP contribution in [0.3, 0.4) is 0 Å². The molecule has 0 aliphatic carbocycles. The van der Waals surface area contributed by atoms with Crippen molar-refractivity contribution in [3.8, 4) is 0 Å². The number of nitrogens with one attached hydrogen (secondary N) is 1. The fourth-order valence-corrected chi connectivity index (χ4v) is 3.08. The summed E-state index contributed by atoms with van der Waals surface area (Å²) < 4.78 is 13.1. The number of amides is 2. The van der Waals surface area contributed by atoms with Crippen molar-refractivity contribution in [2.75, 3.05) is 18.0 Å². The van der Waals surface area contributed by atoms with E-state index < -0.39 is 0 Å². The normalized spacial score (nSPS) is 12.8. The Kier molecular flexibility index (Phi) is 5.12. The van der Waals surface area contributed by atoms with Gasteiger partial charge in [0.05, 0.1) is 0 Å². The van der Waals surface area contributed by atoms with Gasteiger partial charge in [-0.2, -0.15) is 0 Å². The lowest BCUT2D eigenvalue weighted by Crippen LogP contribution is -2.29. The average molecular weight is 340 g/mol. The van der Waals surface area contributed by atoms with Crippen molar-refractivity contribution in [1.29, 1.82) is 0 Å². The molecular formula is C20H21FN2O2. The second-order valence-electron chi connectivity index (χ2n) is 6.13. The number of carbonyl (C=O) groups excluding carboxylic acids is 2. The van der Waals surface area contributed by atoms with Crippen LogP contribution in [0.1, 0.15) is 46.0 Å². The maximum absolute atomic E-state index is 13.1. The third-order valence-electron chi connectivity index (χ3n) is 4.42. The molecule has 0 spiro atoms. The lowest BCUT2D eigenvalue weighted by atomic mass is 10.0. The molecule has 1 aliphatic rings. The topological polar surface area (TPSA) is 49.4 Å². The third kappa shape index (κ3) is 3.55. The molecule has 5 heteroatoms. The highest BCUT2D eigenvalue weighted by Gasteiger charge is 2.28. The molecule has 3 rings (SSSR count). The summed E-state index contributed by atoms with van der Waals surface area (Å²) in [7, 11) is 0. The van der Waals surface area contributed by atoms with Crippen LogP contribution in [0.25, 0.3) is 0 Å². The van der Waals surface area contributed by atoms with Crippen LogP contribution in [-0.2, 0) is 6.42 Å². The Morgan fingerprint density at radius 1 is 1.16 bits per heavy atom. The Morgan fingerprint density at radius 2 is 1.92 bits per heavy atom. The maximum Gasteiger partial charge on any atom is 0.258 e. The summed E-state index contributed by atoms with van der Waals surface area (Å²) in [6.07, 6.45) is 2.60. The molecule has 1 N–H and O–H groups in total. The highest BCUT2D eigenvalue weighted by Crippen LogP contribution is 2.32. The van der Waals surface area contributed by atoms with Crippen molar-refractivity contribution in [2.45, 2.75) is 26.2 Å². The monoisotopic (exact) mass is 340 g/mol. The van der Waals surface area contributed by atoms with Gasteiger partial charge < -0.3 is 10.2 Å². The van der Waals surface area contributed by atoms with Crippen LogP contribution in [-0.4, -0.2) is 24.9 Å². The van der Waals surface area contributed by atoms with Crippen LogP contribution in [0.5, 0.6) is 0 Å². The van der Waals surface area contributed by atoms with Gasteiger partial charge in [-0.15, -0.1) is 0 Å². The first kappa shape index (κ1) is 17.1. The fourth-order valence-electron chi connectivity index (χ4n) is 3.08. The zero-order chi connectivity index (χ0) is 17.8. The molecular weight excluding hydrogens is 319 g/mol. The summed E-state index contributed by atoms with van der Waals surface area (Å²) >= 11 is 0. The molecule has 0 saturated carbocycles. The molecule has 0 fully saturated rings. The molecule has 0 radical (unpaired) electrons. The summed E-state index contributed by atoms with van der Waals surface area (Å²) in [5, 5.41) is 2.93. The fraction of sp³-hybridized carbons (Fsp3) is 0.300. The van der Waals surface area contributed by atoms with Crippen molar-refractivity contribution in [2.24, 2.45) is 0 Å². The number of hydrogen-bond donors (Lipinski definition) is 1. The van der Waals surface area contributed by atoms with Crippen LogP contribution in [0.15, 0.2) is 42.5 Å². The number of benzene rings is 2. The first-order chi connectivity index (χ1) is 12.1. The number of anilines is 1. The van der Waals surface area contributed by atoms with E-state index in [1.165, 1.54) is 24.3 Å². The SMILES string of the molecule is CCCCNC(=O)c1cccc2c1CCN2C(=O)c1ccc(F)cc1. The molecule has 4 nitrogen and oxygen atoms in total. The number of unbranched alkanes of at least 4 members (excludes halogenated alkanes) is 1. The third-order valence-corrected chi connectivity index (χ3v) is 4.42. The maximum atomic E-state index is 13.1. The molecule has 1 aliphatic heterocycles. The average Bonchev–Trinajstić information content (AvgIpc) is 3.06. The number of carbonyl (C=O) groups is 2. The molecule has 25 heavy (non-hydrogen) atoms. The second kappa shape index (κ2) is 7.47. The molecule has 0 unspecified atom stereocenters. The lowest BCUT2D eigenvalue weighted by molar-refractivity contribution is 0.0950. The molecule has 0 saturated heterocycles. The minimum Gasteiger partial charge on any atom is -0.352 e. The molecule has 2 amide bonds. The van der Waals surface area contributed by atoms with E-state index in [0.717, 1.165) is 24.1 Å². The Morgan fingerprint density at radius 3 is 2.64 bits per heavy atom.